The van der Waals surface area contributed by atoms with Gasteiger partial charge in [0.2, 0.25) is 0 Å². The van der Waals surface area contributed by atoms with E-state index in [2.05, 4.69) is 10.2 Å². The van der Waals surface area contributed by atoms with Crippen LogP contribution in [0, 0.1) is 0 Å². The molecule has 1 aromatic carbocycles. The lowest BCUT2D eigenvalue weighted by atomic mass is 10.2. The maximum Gasteiger partial charge on any atom is 0.251 e. The van der Waals surface area contributed by atoms with Crippen LogP contribution in [0.4, 0.5) is 0 Å². The van der Waals surface area contributed by atoms with E-state index in [0.29, 0.717) is 12.1 Å². The first-order chi connectivity index (χ1) is 9.97. The van der Waals surface area contributed by atoms with E-state index in [9.17, 15) is 13.2 Å². The first kappa shape index (κ1) is 15.9. The van der Waals surface area contributed by atoms with E-state index in [1.54, 1.807) is 0 Å². The molecule has 1 heterocycles. The molecule has 21 heavy (non-hydrogen) atoms. The number of morpholine rings is 1. The number of rotatable bonds is 5. The predicted octanol–water partition coefficient (Wildman–Crippen LogP) is 0.152. The largest absolute Gasteiger partial charge is 0.379 e. The molecule has 0 saturated carbocycles. The van der Waals surface area contributed by atoms with Crippen LogP contribution in [0.25, 0.3) is 0 Å². The number of hydrogen-bond acceptors (Lipinski definition) is 5. The number of carbonyl (C=O) groups excluding carboxylic acids is 1. The molecule has 1 saturated heterocycles. The van der Waals surface area contributed by atoms with Crippen LogP contribution in [-0.4, -0.2) is 64.9 Å². The Labute approximate surface area is 125 Å². The Bertz CT molecular complexity index is 577. The van der Waals surface area contributed by atoms with Gasteiger partial charge in [-0.2, -0.15) is 0 Å². The van der Waals surface area contributed by atoms with Gasteiger partial charge in [0.25, 0.3) is 5.91 Å². The van der Waals surface area contributed by atoms with Gasteiger partial charge in [-0.25, -0.2) is 8.42 Å². The van der Waals surface area contributed by atoms with Gasteiger partial charge >= 0.3 is 0 Å². The Balaban J connectivity index is 1.83. The number of sulfone groups is 1. The molecular weight excluding hydrogens is 292 g/mol. The summed E-state index contributed by atoms with van der Waals surface area (Å²) in [4.78, 5) is 14.4. The summed E-state index contributed by atoms with van der Waals surface area (Å²) in [6.07, 6.45) is 1.14. The number of hydrogen-bond donors (Lipinski definition) is 1. The van der Waals surface area contributed by atoms with Crippen LogP contribution in [0.2, 0.25) is 0 Å². The Hall–Kier alpha value is -1.44. The Morgan fingerprint density at radius 3 is 2.43 bits per heavy atom. The van der Waals surface area contributed by atoms with Gasteiger partial charge in [0.1, 0.15) is 0 Å². The van der Waals surface area contributed by atoms with Crippen molar-refractivity contribution in [2.45, 2.75) is 4.90 Å². The molecule has 2 rings (SSSR count). The smallest absolute Gasteiger partial charge is 0.251 e. The van der Waals surface area contributed by atoms with Gasteiger partial charge in [-0.1, -0.05) is 0 Å². The van der Waals surface area contributed by atoms with Crippen molar-refractivity contribution in [1.29, 1.82) is 0 Å². The van der Waals surface area contributed by atoms with Crippen molar-refractivity contribution in [3.63, 3.8) is 0 Å². The second-order valence-corrected chi connectivity index (χ2v) is 7.02. The van der Waals surface area contributed by atoms with Crippen molar-refractivity contribution in [3.05, 3.63) is 29.8 Å². The SMILES string of the molecule is CS(=O)(=O)c1ccc(C(=O)NCCN2CCOCC2)cc1. The molecule has 0 unspecified atom stereocenters. The van der Waals surface area contributed by atoms with Crippen LogP contribution in [0.5, 0.6) is 0 Å². The maximum absolute atomic E-state index is 11.9. The molecule has 1 amide bonds. The quantitative estimate of drug-likeness (QED) is 0.838. The molecule has 0 aromatic heterocycles. The second-order valence-electron chi connectivity index (χ2n) is 5.01. The average molecular weight is 312 g/mol. The van der Waals surface area contributed by atoms with Crippen LogP contribution in [-0.2, 0) is 14.6 Å². The fourth-order valence-electron chi connectivity index (χ4n) is 2.11. The van der Waals surface area contributed by atoms with Crippen LogP contribution in [0.15, 0.2) is 29.2 Å². The third-order valence-electron chi connectivity index (χ3n) is 3.36. The normalized spacial score (nSPS) is 16.6. The molecule has 0 spiro atoms. The lowest BCUT2D eigenvalue weighted by Crippen LogP contribution is -2.41. The minimum absolute atomic E-state index is 0.191. The number of amides is 1. The Morgan fingerprint density at radius 2 is 1.86 bits per heavy atom. The zero-order valence-electron chi connectivity index (χ0n) is 12.0. The highest BCUT2D eigenvalue weighted by molar-refractivity contribution is 7.90. The number of nitrogens with one attached hydrogen (secondary N) is 1. The number of ether oxygens (including phenoxy) is 1. The summed E-state index contributed by atoms with van der Waals surface area (Å²) < 4.78 is 27.9. The second kappa shape index (κ2) is 7.02. The Morgan fingerprint density at radius 1 is 1.24 bits per heavy atom. The lowest BCUT2D eigenvalue weighted by molar-refractivity contribution is 0.0383. The third-order valence-corrected chi connectivity index (χ3v) is 4.49. The fraction of sp³-hybridized carbons (Fsp3) is 0.500. The molecular formula is C14H20N2O4S. The van der Waals surface area contributed by atoms with Gasteiger partial charge in [-0.3, -0.25) is 9.69 Å². The van der Waals surface area contributed by atoms with Crippen molar-refractivity contribution < 1.29 is 17.9 Å². The molecule has 0 bridgehead atoms. The molecule has 0 atom stereocenters. The Kier molecular flexibility index (Phi) is 5.33. The van der Waals surface area contributed by atoms with Crippen LogP contribution in [0.3, 0.4) is 0 Å². The van der Waals surface area contributed by atoms with Crippen molar-refractivity contribution >= 4 is 15.7 Å². The molecule has 1 aliphatic heterocycles. The van der Waals surface area contributed by atoms with E-state index in [1.165, 1.54) is 24.3 Å². The van der Waals surface area contributed by atoms with E-state index in [-0.39, 0.29) is 10.8 Å². The van der Waals surface area contributed by atoms with Gasteiger partial charge in [0.15, 0.2) is 9.84 Å². The zero-order valence-corrected chi connectivity index (χ0v) is 12.9. The highest BCUT2D eigenvalue weighted by Crippen LogP contribution is 2.10. The molecule has 1 aliphatic rings. The maximum atomic E-state index is 11.9. The molecule has 0 radical (unpaired) electrons. The number of carbonyl (C=O) groups is 1. The predicted molar refractivity (Wildman–Crippen MR) is 79.1 cm³/mol. The van der Waals surface area contributed by atoms with Crippen molar-refractivity contribution in [2.24, 2.45) is 0 Å². The van der Waals surface area contributed by atoms with Crippen molar-refractivity contribution in [2.75, 3.05) is 45.6 Å². The molecule has 0 aliphatic carbocycles. The molecule has 1 N–H and O–H groups in total. The van der Waals surface area contributed by atoms with Crippen LogP contribution < -0.4 is 5.32 Å². The van der Waals surface area contributed by atoms with Gasteiger partial charge in [-0.05, 0) is 24.3 Å². The summed E-state index contributed by atoms with van der Waals surface area (Å²) in [5.74, 6) is -0.191. The van der Waals surface area contributed by atoms with E-state index < -0.39 is 9.84 Å². The fourth-order valence-corrected chi connectivity index (χ4v) is 2.74. The van der Waals surface area contributed by atoms with Crippen LogP contribution >= 0.6 is 0 Å². The zero-order chi connectivity index (χ0) is 15.3. The molecule has 7 heteroatoms. The third kappa shape index (κ3) is 4.80. The molecule has 1 aromatic rings. The highest BCUT2D eigenvalue weighted by atomic mass is 32.2. The summed E-state index contributed by atoms with van der Waals surface area (Å²) in [7, 11) is -3.23. The van der Waals surface area contributed by atoms with Gasteiger partial charge in [0.05, 0.1) is 18.1 Å². The van der Waals surface area contributed by atoms with Crippen LogP contribution in [0.1, 0.15) is 10.4 Å². The van der Waals surface area contributed by atoms with E-state index >= 15 is 0 Å². The first-order valence-corrected chi connectivity index (χ1v) is 8.74. The molecule has 6 nitrogen and oxygen atoms in total. The summed E-state index contributed by atoms with van der Waals surface area (Å²) in [5, 5.41) is 2.83. The minimum Gasteiger partial charge on any atom is -0.379 e. The first-order valence-electron chi connectivity index (χ1n) is 6.85. The summed E-state index contributed by atoms with van der Waals surface area (Å²) in [6.45, 7) is 4.60. The van der Waals surface area contributed by atoms with E-state index in [1.807, 2.05) is 0 Å². The van der Waals surface area contributed by atoms with Gasteiger partial charge in [-0.15, -0.1) is 0 Å². The summed E-state index contributed by atoms with van der Waals surface area (Å²) in [5.41, 5.74) is 0.462. The summed E-state index contributed by atoms with van der Waals surface area (Å²) in [6, 6.07) is 5.96. The standard InChI is InChI=1S/C14H20N2O4S/c1-21(18,19)13-4-2-12(3-5-13)14(17)15-6-7-16-8-10-20-11-9-16/h2-5H,6-11H2,1H3,(H,15,17). The average Bonchev–Trinajstić information content (AvgIpc) is 2.47. The molecule has 116 valence electrons. The number of nitrogens with zero attached hydrogens (tertiary/aromatic N) is 1. The minimum atomic E-state index is -3.23. The van der Waals surface area contributed by atoms with Gasteiger partial charge < -0.3 is 10.1 Å². The molecule has 1 fully saturated rings. The van der Waals surface area contributed by atoms with E-state index in [0.717, 1.165) is 39.1 Å². The van der Waals surface area contributed by atoms with Gasteiger partial charge in [0, 0.05) is 38.0 Å². The monoisotopic (exact) mass is 312 g/mol. The highest BCUT2D eigenvalue weighted by Gasteiger charge is 2.12. The van der Waals surface area contributed by atoms with E-state index in [4.69, 9.17) is 4.74 Å². The van der Waals surface area contributed by atoms with Crippen molar-refractivity contribution in [1.82, 2.24) is 10.2 Å². The topological polar surface area (TPSA) is 75.7 Å². The number of benzene rings is 1. The van der Waals surface area contributed by atoms with Crippen molar-refractivity contribution in [3.8, 4) is 0 Å². The lowest BCUT2D eigenvalue weighted by Gasteiger charge is -2.26. The summed E-state index contributed by atoms with van der Waals surface area (Å²) >= 11 is 0.